The van der Waals surface area contributed by atoms with E-state index >= 15 is 0 Å². The quantitative estimate of drug-likeness (QED) is 0.550. The van der Waals surface area contributed by atoms with Crippen LogP contribution >= 0.6 is 0 Å². The molecular weight excluding hydrogens is 292 g/mol. The van der Waals surface area contributed by atoms with Crippen LogP contribution in [0.4, 0.5) is 5.69 Å². The third-order valence-corrected chi connectivity index (χ3v) is 4.37. The highest BCUT2D eigenvalue weighted by Gasteiger charge is 2.20. The molecule has 0 radical (unpaired) electrons. The summed E-state index contributed by atoms with van der Waals surface area (Å²) >= 11 is 0. The number of nitro benzene ring substituents is 1. The largest absolute Gasteiger partial charge is 0.276 e. The lowest BCUT2D eigenvalue weighted by Gasteiger charge is -2.15. The van der Waals surface area contributed by atoms with Gasteiger partial charge in [-0.15, -0.1) is 0 Å². The molecule has 0 spiro atoms. The average Bonchev–Trinajstić information content (AvgIpc) is 3.08. The highest BCUT2D eigenvalue weighted by atomic mass is 16.6. The predicted molar refractivity (Wildman–Crippen MR) is 86.8 cm³/mol. The summed E-state index contributed by atoms with van der Waals surface area (Å²) in [5.74, 6) is 0. The molecule has 2 aromatic carbocycles. The molecule has 6 nitrogen and oxygen atoms in total. The molecule has 2 heterocycles. The molecule has 0 N–H and O–H groups in total. The molecule has 4 rings (SSSR count). The number of aryl methyl sites for hydroxylation is 1. The van der Waals surface area contributed by atoms with Gasteiger partial charge in [0.1, 0.15) is 0 Å². The van der Waals surface area contributed by atoms with E-state index in [9.17, 15) is 10.1 Å². The summed E-state index contributed by atoms with van der Waals surface area (Å²) in [7, 11) is 0. The highest BCUT2D eigenvalue weighted by Crippen LogP contribution is 2.26. The van der Waals surface area contributed by atoms with Crippen molar-refractivity contribution in [2.24, 2.45) is 0 Å². The van der Waals surface area contributed by atoms with Gasteiger partial charge in [0, 0.05) is 30.6 Å². The van der Waals surface area contributed by atoms with Gasteiger partial charge >= 0.3 is 0 Å². The fourth-order valence-corrected chi connectivity index (χ4v) is 3.24. The van der Waals surface area contributed by atoms with Gasteiger partial charge in [0.15, 0.2) is 0 Å². The Kier molecular flexibility index (Phi) is 3.12. The molecule has 0 aliphatic carbocycles. The Bertz CT molecular complexity index is 891. The van der Waals surface area contributed by atoms with Crippen molar-refractivity contribution in [2.75, 3.05) is 0 Å². The molecule has 3 aromatic rings. The lowest BCUT2D eigenvalue weighted by Crippen LogP contribution is -2.21. The van der Waals surface area contributed by atoms with E-state index in [1.807, 2.05) is 11.6 Å². The van der Waals surface area contributed by atoms with Crippen molar-refractivity contribution >= 4 is 16.6 Å². The minimum Gasteiger partial charge on any atom is -0.276 e. The summed E-state index contributed by atoms with van der Waals surface area (Å²) in [6.07, 6.45) is 0. The number of fused-ring (bicyclic) bond motifs is 2. The van der Waals surface area contributed by atoms with Crippen LogP contribution in [0.1, 0.15) is 16.8 Å². The monoisotopic (exact) mass is 308 g/mol. The Hall–Kier alpha value is -2.73. The maximum atomic E-state index is 11.0. The maximum absolute atomic E-state index is 11.0. The summed E-state index contributed by atoms with van der Waals surface area (Å²) in [4.78, 5) is 12.9. The van der Waals surface area contributed by atoms with E-state index in [0.717, 1.165) is 29.7 Å². The number of aromatic nitrogens is 2. The van der Waals surface area contributed by atoms with Gasteiger partial charge < -0.3 is 0 Å². The molecule has 23 heavy (non-hydrogen) atoms. The predicted octanol–water partition coefficient (Wildman–Crippen LogP) is 3.23. The van der Waals surface area contributed by atoms with Gasteiger partial charge in [-0.1, -0.05) is 24.3 Å². The van der Waals surface area contributed by atoms with Crippen LogP contribution in [0, 0.1) is 17.0 Å². The second-order valence-electron chi connectivity index (χ2n) is 5.94. The first-order chi connectivity index (χ1) is 11.1. The normalized spacial score (nSPS) is 14.3. The van der Waals surface area contributed by atoms with Gasteiger partial charge in [0.25, 0.3) is 5.69 Å². The standard InChI is InChI=1S/C17H16N4O2/c1-12-16-7-6-15(21(22)23)8-17(16)20(18-12)11-19-9-13-4-2-3-5-14(13)10-19/h2-8H,9-11H2,1H3. The van der Waals surface area contributed by atoms with E-state index in [2.05, 4.69) is 34.3 Å². The Labute approximate surface area is 133 Å². The van der Waals surface area contributed by atoms with Crippen LogP contribution in [-0.4, -0.2) is 19.6 Å². The lowest BCUT2D eigenvalue weighted by molar-refractivity contribution is -0.384. The number of non-ortho nitro benzene ring substituents is 1. The van der Waals surface area contributed by atoms with Crippen LogP contribution in [-0.2, 0) is 19.8 Å². The first-order valence-electron chi connectivity index (χ1n) is 7.52. The van der Waals surface area contributed by atoms with Crippen molar-refractivity contribution in [1.82, 2.24) is 14.7 Å². The fourth-order valence-electron chi connectivity index (χ4n) is 3.24. The van der Waals surface area contributed by atoms with E-state index in [-0.39, 0.29) is 10.6 Å². The number of benzene rings is 2. The summed E-state index contributed by atoms with van der Waals surface area (Å²) in [5, 5.41) is 16.6. The Morgan fingerprint density at radius 3 is 2.52 bits per heavy atom. The van der Waals surface area contributed by atoms with Crippen molar-refractivity contribution in [2.45, 2.75) is 26.7 Å². The first-order valence-corrected chi connectivity index (χ1v) is 7.52. The molecule has 0 saturated carbocycles. The zero-order chi connectivity index (χ0) is 16.0. The zero-order valence-corrected chi connectivity index (χ0v) is 12.8. The van der Waals surface area contributed by atoms with Crippen molar-refractivity contribution in [3.8, 4) is 0 Å². The van der Waals surface area contributed by atoms with Gasteiger partial charge in [-0.2, -0.15) is 5.10 Å². The number of nitrogens with zero attached hydrogens (tertiary/aromatic N) is 4. The molecule has 1 aliphatic heterocycles. The Morgan fingerprint density at radius 1 is 1.17 bits per heavy atom. The third-order valence-electron chi connectivity index (χ3n) is 4.37. The molecule has 0 atom stereocenters. The van der Waals surface area contributed by atoms with Crippen LogP contribution in [0.3, 0.4) is 0 Å². The van der Waals surface area contributed by atoms with E-state index in [1.165, 1.54) is 17.2 Å². The van der Waals surface area contributed by atoms with Crippen LogP contribution < -0.4 is 0 Å². The minimum atomic E-state index is -0.363. The van der Waals surface area contributed by atoms with E-state index < -0.39 is 0 Å². The van der Waals surface area contributed by atoms with Crippen LogP contribution in [0.15, 0.2) is 42.5 Å². The van der Waals surface area contributed by atoms with Gasteiger partial charge in [-0.3, -0.25) is 15.0 Å². The lowest BCUT2D eigenvalue weighted by atomic mass is 10.1. The minimum absolute atomic E-state index is 0.100. The van der Waals surface area contributed by atoms with Crippen LogP contribution in [0.2, 0.25) is 0 Å². The van der Waals surface area contributed by atoms with Gasteiger partial charge in [0.2, 0.25) is 0 Å². The molecule has 0 unspecified atom stereocenters. The smallest absolute Gasteiger partial charge is 0.271 e. The molecule has 1 aliphatic rings. The second-order valence-corrected chi connectivity index (χ2v) is 5.94. The van der Waals surface area contributed by atoms with E-state index in [1.54, 1.807) is 12.1 Å². The average molecular weight is 308 g/mol. The molecule has 1 aromatic heterocycles. The number of hydrogen-bond donors (Lipinski definition) is 0. The van der Waals surface area contributed by atoms with Crippen molar-refractivity contribution in [1.29, 1.82) is 0 Å². The summed E-state index contributed by atoms with van der Waals surface area (Å²) in [6, 6.07) is 13.3. The van der Waals surface area contributed by atoms with Crippen molar-refractivity contribution in [3.05, 3.63) is 69.4 Å². The van der Waals surface area contributed by atoms with Gasteiger partial charge in [0.05, 0.1) is 22.8 Å². The number of nitro groups is 1. The topological polar surface area (TPSA) is 64.2 Å². The summed E-state index contributed by atoms with van der Waals surface area (Å²) in [6.45, 7) is 4.32. The van der Waals surface area contributed by atoms with Crippen molar-refractivity contribution < 1.29 is 4.92 Å². The molecule has 0 bridgehead atoms. The van der Waals surface area contributed by atoms with Crippen LogP contribution in [0.5, 0.6) is 0 Å². The first kappa shape index (κ1) is 13.9. The van der Waals surface area contributed by atoms with Gasteiger partial charge in [-0.05, 0) is 24.1 Å². The second kappa shape index (κ2) is 5.17. The van der Waals surface area contributed by atoms with Crippen LogP contribution in [0.25, 0.3) is 10.9 Å². The van der Waals surface area contributed by atoms with Crippen molar-refractivity contribution in [3.63, 3.8) is 0 Å². The van der Waals surface area contributed by atoms with E-state index in [0.29, 0.717) is 6.67 Å². The maximum Gasteiger partial charge on any atom is 0.271 e. The Balaban J connectivity index is 1.67. The fraction of sp³-hybridized carbons (Fsp3) is 0.235. The molecular formula is C17H16N4O2. The molecule has 6 heteroatoms. The summed E-state index contributed by atoms with van der Waals surface area (Å²) < 4.78 is 1.86. The molecule has 116 valence electrons. The SMILES string of the molecule is Cc1nn(CN2Cc3ccccc3C2)c2cc([N+](=O)[O-])ccc12. The summed E-state index contributed by atoms with van der Waals surface area (Å²) in [5.41, 5.74) is 4.49. The zero-order valence-electron chi connectivity index (χ0n) is 12.8. The van der Waals surface area contributed by atoms with E-state index in [4.69, 9.17) is 0 Å². The molecule has 0 saturated heterocycles. The third kappa shape index (κ3) is 2.37. The molecule has 0 amide bonds. The number of hydrogen-bond acceptors (Lipinski definition) is 4. The van der Waals surface area contributed by atoms with Gasteiger partial charge in [-0.25, -0.2) is 4.68 Å². The Morgan fingerprint density at radius 2 is 1.87 bits per heavy atom. The highest BCUT2D eigenvalue weighted by molar-refractivity contribution is 5.83. The number of rotatable bonds is 3. The molecule has 0 fully saturated rings.